The van der Waals surface area contributed by atoms with Crippen LogP contribution in [0.4, 0.5) is 10.5 Å². The number of carbonyl (C=O) groups excluding carboxylic acids is 1. The van der Waals surface area contributed by atoms with Crippen LogP contribution in [0.1, 0.15) is 19.5 Å². The highest BCUT2D eigenvalue weighted by molar-refractivity contribution is 5.89. The van der Waals surface area contributed by atoms with Crippen molar-refractivity contribution in [2.45, 2.75) is 26.8 Å². The molecule has 0 aliphatic heterocycles. The highest BCUT2D eigenvalue weighted by atomic mass is 16.4. The van der Waals surface area contributed by atoms with Crippen molar-refractivity contribution in [2.75, 3.05) is 5.32 Å². The smallest absolute Gasteiger partial charge is 0.319 e. The summed E-state index contributed by atoms with van der Waals surface area (Å²) >= 11 is 0. The molecule has 2 unspecified atom stereocenters. The minimum absolute atomic E-state index is 0.443. The molecule has 2 amide bonds. The Kier molecular flexibility index (Phi) is 4.65. The maximum Gasteiger partial charge on any atom is 0.319 e. The van der Waals surface area contributed by atoms with E-state index >= 15 is 0 Å². The van der Waals surface area contributed by atoms with Crippen molar-refractivity contribution in [2.24, 2.45) is 5.92 Å². The molecule has 1 rings (SSSR count). The van der Waals surface area contributed by atoms with Crippen LogP contribution in [-0.4, -0.2) is 28.1 Å². The molecular formula is C12H17N3O3. The van der Waals surface area contributed by atoms with Crippen molar-refractivity contribution < 1.29 is 14.7 Å². The maximum absolute atomic E-state index is 11.6. The monoisotopic (exact) mass is 251 g/mol. The molecule has 6 nitrogen and oxygen atoms in total. The Hall–Kier alpha value is -2.11. The van der Waals surface area contributed by atoms with E-state index in [0.29, 0.717) is 5.69 Å². The van der Waals surface area contributed by atoms with Crippen LogP contribution >= 0.6 is 0 Å². The van der Waals surface area contributed by atoms with Crippen LogP contribution in [0.2, 0.25) is 0 Å². The Bertz CT molecular complexity index is 431. The van der Waals surface area contributed by atoms with E-state index < -0.39 is 24.0 Å². The van der Waals surface area contributed by atoms with Gasteiger partial charge in [0.05, 0.1) is 17.8 Å². The number of carboxylic acids is 1. The highest BCUT2D eigenvalue weighted by Crippen LogP contribution is 2.06. The number of aromatic nitrogens is 1. The summed E-state index contributed by atoms with van der Waals surface area (Å²) in [5, 5.41) is 14.0. The van der Waals surface area contributed by atoms with Gasteiger partial charge in [0.25, 0.3) is 0 Å². The normalized spacial score (nSPS) is 13.5. The zero-order valence-electron chi connectivity index (χ0n) is 10.6. The predicted octanol–water partition coefficient (Wildman–Crippen LogP) is 1.62. The number of hydrogen-bond donors (Lipinski definition) is 3. The second-order valence-electron chi connectivity index (χ2n) is 4.20. The third-order valence-electron chi connectivity index (χ3n) is 2.67. The van der Waals surface area contributed by atoms with Crippen molar-refractivity contribution >= 4 is 17.7 Å². The van der Waals surface area contributed by atoms with Gasteiger partial charge >= 0.3 is 12.0 Å². The Labute approximate surface area is 105 Å². The largest absolute Gasteiger partial charge is 0.481 e. The molecule has 0 aliphatic rings. The molecule has 0 saturated heterocycles. The number of amides is 2. The molecule has 2 atom stereocenters. The van der Waals surface area contributed by atoms with Gasteiger partial charge in [-0.1, -0.05) is 0 Å². The molecule has 0 aliphatic carbocycles. The molecule has 1 aromatic rings. The van der Waals surface area contributed by atoms with E-state index in [1.165, 1.54) is 0 Å². The molecule has 98 valence electrons. The summed E-state index contributed by atoms with van der Waals surface area (Å²) in [6.45, 7) is 5.03. The Balaban J connectivity index is 2.51. The van der Waals surface area contributed by atoms with Gasteiger partial charge in [-0.05, 0) is 32.9 Å². The number of carboxylic acid groups (broad SMARTS) is 1. The second-order valence-corrected chi connectivity index (χ2v) is 4.20. The maximum atomic E-state index is 11.6. The lowest BCUT2D eigenvalue weighted by Crippen LogP contribution is -2.42. The minimum Gasteiger partial charge on any atom is -0.481 e. The van der Waals surface area contributed by atoms with Crippen LogP contribution in [0.15, 0.2) is 18.3 Å². The molecule has 6 heteroatoms. The number of anilines is 1. The number of rotatable bonds is 4. The second kappa shape index (κ2) is 6.00. The van der Waals surface area contributed by atoms with E-state index in [1.807, 2.05) is 6.92 Å². The average molecular weight is 251 g/mol. The number of carbonyl (C=O) groups is 2. The standard InChI is InChI=1S/C12H17N3O3/c1-7-4-5-10(6-13-7)15-12(18)14-9(3)8(2)11(16)17/h4-6,8-9H,1-3H3,(H,16,17)(H2,14,15,18). The third kappa shape index (κ3) is 4.04. The number of aryl methyl sites for hydroxylation is 1. The van der Waals surface area contributed by atoms with Crippen molar-refractivity contribution in [1.82, 2.24) is 10.3 Å². The number of hydrogen-bond acceptors (Lipinski definition) is 3. The quantitative estimate of drug-likeness (QED) is 0.758. The fourth-order valence-electron chi connectivity index (χ4n) is 1.25. The molecule has 1 aromatic heterocycles. The summed E-state index contributed by atoms with van der Waals surface area (Å²) in [6, 6.07) is 2.61. The van der Waals surface area contributed by atoms with E-state index in [0.717, 1.165) is 5.69 Å². The fourth-order valence-corrected chi connectivity index (χ4v) is 1.25. The number of aliphatic carboxylic acids is 1. The average Bonchev–Trinajstić information content (AvgIpc) is 2.30. The van der Waals surface area contributed by atoms with Crippen molar-refractivity contribution in [1.29, 1.82) is 0 Å². The van der Waals surface area contributed by atoms with E-state index in [9.17, 15) is 9.59 Å². The predicted molar refractivity (Wildman–Crippen MR) is 67.4 cm³/mol. The fraction of sp³-hybridized carbons (Fsp3) is 0.417. The molecule has 0 fully saturated rings. The van der Waals surface area contributed by atoms with Gasteiger partial charge in [0.2, 0.25) is 0 Å². The van der Waals surface area contributed by atoms with Gasteiger partial charge in [-0.25, -0.2) is 4.79 Å². The third-order valence-corrected chi connectivity index (χ3v) is 2.67. The first kappa shape index (κ1) is 14.0. The lowest BCUT2D eigenvalue weighted by molar-refractivity contribution is -0.141. The van der Waals surface area contributed by atoms with Gasteiger partial charge in [-0.2, -0.15) is 0 Å². The first-order chi connectivity index (χ1) is 8.40. The minimum atomic E-state index is -0.945. The van der Waals surface area contributed by atoms with Gasteiger partial charge in [-0.3, -0.25) is 9.78 Å². The van der Waals surface area contributed by atoms with Crippen LogP contribution in [0.5, 0.6) is 0 Å². The summed E-state index contributed by atoms with van der Waals surface area (Å²) in [5.74, 6) is -1.59. The van der Waals surface area contributed by atoms with E-state index in [1.54, 1.807) is 32.2 Å². The topological polar surface area (TPSA) is 91.3 Å². The van der Waals surface area contributed by atoms with Crippen molar-refractivity contribution in [3.63, 3.8) is 0 Å². The highest BCUT2D eigenvalue weighted by Gasteiger charge is 2.20. The van der Waals surface area contributed by atoms with Crippen LogP contribution in [-0.2, 0) is 4.79 Å². The SMILES string of the molecule is Cc1ccc(NC(=O)NC(C)C(C)C(=O)O)cn1. The van der Waals surface area contributed by atoms with Crippen LogP contribution in [0, 0.1) is 12.8 Å². The van der Waals surface area contributed by atoms with Gasteiger partial charge < -0.3 is 15.7 Å². The summed E-state index contributed by atoms with van der Waals surface area (Å²) in [4.78, 5) is 26.4. The van der Waals surface area contributed by atoms with Crippen LogP contribution in [0.3, 0.4) is 0 Å². The lowest BCUT2D eigenvalue weighted by atomic mass is 10.0. The molecule has 0 spiro atoms. The Morgan fingerprint density at radius 1 is 1.33 bits per heavy atom. The molecular weight excluding hydrogens is 234 g/mol. The first-order valence-corrected chi connectivity index (χ1v) is 5.63. The summed E-state index contributed by atoms with van der Waals surface area (Å²) in [7, 11) is 0. The van der Waals surface area contributed by atoms with Gasteiger partial charge in [0.15, 0.2) is 0 Å². The zero-order valence-corrected chi connectivity index (χ0v) is 10.6. The molecule has 0 radical (unpaired) electrons. The number of nitrogens with one attached hydrogen (secondary N) is 2. The molecule has 0 aromatic carbocycles. The molecule has 0 saturated carbocycles. The summed E-state index contributed by atoms with van der Waals surface area (Å²) in [5.41, 5.74) is 1.42. The summed E-state index contributed by atoms with van der Waals surface area (Å²) < 4.78 is 0. The molecule has 0 bridgehead atoms. The Morgan fingerprint density at radius 2 is 2.00 bits per heavy atom. The van der Waals surface area contributed by atoms with E-state index in [-0.39, 0.29) is 0 Å². The summed E-state index contributed by atoms with van der Waals surface area (Å²) in [6.07, 6.45) is 1.54. The number of urea groups is 1. The van der Waals surface area contributed by atoms with Gasteiger partial charge in [-0.15, -0.1) is 0 Å². The van der Waals surface area contributed by atoms with E-state index in [2.05, 4.69) is 15.6 Å². The number of pyridine rings is 1. The van der Waals surface area contributed by atoms with Crippen LogP contribution in [0.25, 0.3) is 0 Å². The Morgan fingerprint density at radius 3 is 2.50 bits per heavy atom. The first-order valence-electron chi connectivity index (χ1n) is 5.63. The molecule has 1 heterocycles. The van der Waals surface area contributed by atoms with Crippen molar-refractivity contribution in [3.05, 3.63) is 24.0 Å². The number of nitrogens with zero attached hydrogens (tertiary/aromatic N) is 1. The van der Waals surface area contributed by atoms with E-state index in [4.69, 9.17) is 5.11 Å². The van der Waals surface area contributed by atoms with Gasteiger partial charge in [0.1, 0.15) is 0 Å². The van der Waals surface area contributed by atoms with Crippen molar-refractivity contribution in [3.8, 4) is 0 Å². The zero-order chi connectivity index (χ0) is 13.7. The molecule has 3 N–H and O–H groups in total. The molecule has 18 heavy (non-hydrogen) atoms. The van der Waals surface area contributed by atoms with Crippen LogP contribution < -0.4 is 10.6 Å². The van der Waals surface area contributed by atoms with Gasteiger partial charge in [0, 0.05) is 11.7 Å². The lowest BCUT2D eigenvalue weighted by Gasteiger charge is -2.18.